The Morgan fingerprint density at radius 1 is 1.17 bits per heavy atom. The third-order valence-corrected chi connectivity index (χ3v) is 6.40. The minimum absolute atomic E-state index is 0.0723. The van der Waals surface area contributed by atoms with Crippen molar-refractivity contribution in [3.05, 3.63) is 94.7 Å². The van der Waals surface area contributed by atoms with E-state index in [1.165, 1.54) is 6.26 Å². The molecule has 1 amide bonds. The van der Waals surface area contributed by atoms with Crippen molar-refractivity contribution >= 4 is 17.5 Å². The van der Waals surface area contributed by atoms with Gasteiger partial charge < -0.3 is 19.7 Å². The zero-order valence-electron chi connectivity index (χ0n) is 20.9. The minimum atomic E-state index is -0.309. The number of nitrogens with zero attached hydrogens (tertiary/aromatic N) is 4. The minimum Gasteiger partial charge on any atom is -0.364 e. The Morgan fingerprint density at radius 3 is 2.58 bits per heavy atom. The molecule has 8 heteroatoms. The fourth-order valence-electron chi connectivity index (χ4n) is 4.42. The SMILES string of the molecule is Cc1conc1C(=O)N(CCCN)C(c1nc(-c2cccc(Cl)c2)cn1Cc1ccccc1)C(C)C. The predicted molar refractivity (Wildman–Crippen MR) is 142 cm³/mol. The lowest BCUT2D eigenvalue weighted by Gasteiger charge is -2.34. The van der Waals surface area contributed by atoms with Gasteiger partial charge >= 0.3 is 0 Å². The number of rotatable bonds is 10. The van der Waals surface area contributed by atoms with Crippen molar-refractivity contribution < 1.29 is 9.32 Å². The van der Waals surface area contributed by atoms with E-state index >= 15 is 0 Å². The molecule has 0 radical (unpaired) electrons. The standard InChI is InChI=1S/C28H32ClN5O2/c1-19(2)26(34(14-8-13-30)28(35)25-20(3)18-36-32-25)27-31-24(22-11-7-12-23(29)15-22)17-33(27)16-21-9-5-4-6-10-21/h4-7,9-12,15,17-19,26H,8,13-14,16,30H2,1-3H3. The second-order valence-electron chi connectivity index (χ2n) is 9.28. The van der Waals surface area contributed by atoms with Gasteiger partial charge in [0.25, 0.3) is 5.91 Å². The lowest BCUT2D eigenvalue weighted by molar-refractivity contribution is 0.0593. The maximum Gasteiger partial charge on any atom is 0.276 e. The molecule has 0 fully saturated rings. The van der Waals surface area contributed by atoms with Crippen molar-refractivity contribution in [2.45, 2.75) is 39.8 Å². The first-order valence-electron chi connectivity index (χ1n) is 12.2. The number of nitrogens with two attached hydrogens (primary N) is 1. The van der Waals surface area contributed by atoms with Gasteiger partial charge in [-0.2, -0.15) is 0 Å². The second-order valence-corrected chi connectivity index (χ2v) is 9.72. The van der Waals surface area contributed by atoms with Gasteiger partial charge in [-0.3, -0.25) is 4.79 Å². The van der Waals surface area contributed by atoms with Crippen molar-refractivity contribution in [1.29, 1.82) is 0 Å². The highest BCUT2D eigenvalue weighted by atomic mass is 35.5. The van der Waals surface area contributed by atoms with Crippen LogP contribution in [0.15, 0.2) is 71.6 Å². The summed E-state index contributed by atoms with van der Waals surface area (Å²) < 4.78 is 7.22. The Balaban J connectivity index is 1.83. The molecule has 1 atom stereocenters. The van der Waals surface area contributed by atoms with E-state index in [4.69, 9.17) is 26.8 Å². The number of carbonyl (C=O) groups excluding carboxylic acids is 1. The van der Waals surface area contributed by atoms with Gasteiger partial charge in [-0.25, -0.2) is 4.98 Å². The lowest BCUT2D eigenvalue weighted by atomic mass is 10.00. The molecule has 36 heavy (non-hydrogen) atoms. The fourth-order valence-corrected chi connectivity index (χ4v) is 4.61. The Morgan fingerprint density at radius 2 is 1.94 bits per heavy atom. The summed E-state index contributed by atoms with van der Waals surface area (Å²) in [6.45, 7) is 7.60. The molecule has 1 unspecified atom stereocenters. The van der Waals surface area contributed by atoms with Crippen LogP contribution >= 0.6 is 11.6 Å². The first kappa shape index (κ1) is 25.7. The summed E-state index contributed by atoms with van der Waals surface area (Å²) in [5.74, 6) is 0.686. The first-order chi connectivity index (χ1) is 17.4. The number of aromatic nitrogens is 3. The topological polar surface area (TPSA) is 90.2 Å². The van der Waals surface area contributed by atoms with Crippen LogP contribution in [-0.4, -0.2) is 38.6 Å². The molecule has 0 aliphatic carbocycles. The number of hydrogen-bond donors (Lipinski definition) is 1. The van der Waals surface area contributed by atoms with E-state index in [0.29, 0.717) is 42.3 Å². The van der Waals surface area contributed by atoms with Gasteiger partial charge in [-0.15, -0.1) is 0 Å². The Kier molecular flexibility index (Phi) is 8.23. The van der Waals surface area contributed by atoms with Crippen molar-refractivity contribution in [3.8, 4) is 11.3 Å². The molecule has 0 aliphatic heterocycles. The monoisotopic (exact) mass is 505 g/mol. The van der Waals surface area contributed by atoms with Gasteiger partial charge in [0, 0.05) is 35.4 Å². The number of hydrogen-bond acceptors (Lipinski definition) is 5. The summed E-state index contributed by atoms with van der Waals surface area (Å²) in [5.41, 5.74) is 9.74. The van der Waals surface area contributed by atoms with E-state index < -0.39 is 0 Å². The Labute approximate surface area is 216 Å². The molecule has 4 rings (SSSR count). The van der Waals surface area contributed by atoms with Gasteiger partial charge in [0.15, 0.2) is 5.69 Å². The number of carbonyl (C=O) groups is 1. The average Bonchev–Trinajstić information content (AvgIpc) is 3.48. The van der Waals surface area contributed by atoms with Crippen molar-refractivity contribution in [3.63, 3.8) is 0 Å². The van der Waals surface area contributed by atoms with E-state index in [9.17, 15) is 4.79 Å². The highest BCUT2D eigenvalue weighted by Gasteiger charge is 2.34. The Hall–Kier alpha value is -3.42. The van der Waals surface area contributed by atoms with E-state index in [-0.39, 0.29) is 17.9 Å². The molecule has 0 bridgehead atoms. The molecule has 0 aliphatic rings. The quantitative estimate of drug-likeness (QED) is 0.297. The summed E-state index contributed by atoms with van der Waals surface area (Å²) in [7, 11) is 0. The molecule has 2 aromatic heterocycles. The van der Waals surface area contributed by atoms with E-state index in [0.717, 1.165) is 22.6 Å². The normalized spacial score (nSPS) is 12.2. The zero-order valence-corrected chi connectivity index (χ0v) is 21.7. The third kappa shape index (κ3) is 5.69. The van der Waals surface area contributed by atoms with Crippen molar-refractivity contribution in [2.75, 3.05) is 13.1 Å². The fraction of sp³-hybridized carbons (Fsp3) is 0.321. The number of imidazole rings is 1. The maximum atomic E-state index is 13.8. The van der Waals surface area contributed by atoms with Crippen LogP contribution in [0.4, 0.5) is 0 Å². The number of benzene rings is 2. The van der Waals surface area contributed by atoms with Crippen LogP contribution in [0.1, 0.15) is 53.7 Å². The van der Waals surface area contributed by atoms with Crippen LogP contribution in [0.3, 0.4) is 0 Å². The van der Waals surface area contributed by atoms with Gasteiger partial charge in [0.1, 0.15) is 12.1 Å². The van der Waals surface area contributed by atoms with Gasteiger partial charge in [0.2, 0.25) is 0 Å². The zero-order chi connectivity index (χ0) is 25.7. The van der Waals surface area contributed by atoms with Crippen molar-refractivity contribution in [2.24, 2.45) is 11.7 Å². The molecule has 2 N–H and O–H groups in total. The van der Waals surface area contributed by atoms with Crippen LogP contribution < -0.4 is 5.73 Å². The number of amides is 1. The van der Waals surface area contributed by atoms with Crippen LogP contribution in [0.5, 0.6) is 0 Å². The summed E-state index contributed by atoms with van der Waals surface area (Å²) in [6.07, 6.45) is 4.19. The largest absolute Gasteiger partial charge is 0.364 e. The maximum absolute atomic E-state index is 13.8. The van der Waals surface area contributed by atoms with Crippen LogP contribution in [0.2, 0.25) is 5.02 Å². The molecule has 0 saturated heterocycles. The molecule has 4 aromatic rings. The summed E-state index contributed by atoms with van der Waals surface area (Å²) >= 11 is 6.29. The molecule has 2 heterocycles. The van der Waals surface area contributed by atoms with E-state index in [1.807, 2.05) is 60.5 Å². The second kappa shape index (κ2) is 11.5. The molecule has 2 aromatic carbocycles. The predicted octanol–water partition coefficient (Wildman–Crippen LogP) is 5.74. The summed E-state index contributed by atoms with van der Waals surface area (Å²) in [4.78, 5) is 20.7. The summed E-state index contributed by atoms with van der Waals surface area (Å²) in [6, 6.07) is 17.6. The highest BCUT2D eigenvalue weighted by molar-refractivity contribution is 6.30. The van der Waals surface area contributed by atoms with Gasteiger partial charge in [-0.1, -0.05) is 73.1 Å². The Bertz CT molecular complexity index is 1300. The van der Waals surface area contributed by atoms with E-state index in [2.05, 4.69) is 35.7 Å². The molecular weight excluding hydrogens is 474 g/mol. The molecule has 0 saturated carbocycles. The van der Waals surface area contributed by atoms with Gasteiger partial charge in [0.05, 0.1) is 11.7 Å². The average molecular weight is 506 g/mol. The van der Waals surface area contributed by atoms with Gasteiger partial charge in [-0.05, 0) is 43.5 Å². The first-order valence-corrected chi connectivity index (χ1v) is 12.6. The van der Waals surface area contributed by atoms with Crippen molar-refractivity contribution in [1.82, 2.24) is 19.6 Å². The molecule has 0 spiro atoms. The summed E-state index contributed by atoms with van der Waals surface area (Å²) in [5, 5.41) is 4.64. The smallest absolute Gasteiger partial charge is 0.276 e. The number of aryl methyl sites for hydroxylation is 1. The highest BCUT2D eigenvalue weighted by Crippen LogP contribution is 2.33. The third-order valence-electron chi connectivity index (χ3n) is 6.17. The molecule has 188 valence electrons. The lowest BCUT2D eigenvalue weighted by Crippen LogP contribution is -2.40. The molecule has 7 nitrogen and oxygen atoms in total. The van der Waals surface area contributed by atoms with E-state index in [1.54, 1.807) is 0 Å². The van der Waals surface area contributed by atoms with Crippen LogP contribution in [-0.2, 0) is 6.54 Å². The molecular formula is C28H32ClN5O2. The van der Waals surface area contributed by atoms with Crippen LogP contribution in [0, 0.1) is 12.8 Å². The van der Waals surface area contributed by atoms with Crippen LogP contribution in [0.25, 0.3) is 11.3 Å². The number of halogens is 1.